The lowest BCUT2D eigenvalue weighted by atomic mass is 10.4. The van der Waals surface area contributed by atoms with Crippen LogP contribution in [0.15, 0.2) is 59.1 Å². The second-order valence-corrected chi connectivity index (χ2v) is 8.68. The number of hydrogen-bond acceptors (Lipinski definition) is 6. The van der Waals surface area contributed by atoms with E-state index in [1.165, 1.54) is 18.3 Å². The van der Waals surface area contributed by atoms with Crippen LogP contribution in [0, 0.1) is 0 Å². The van der Waals surface area contributed by atoms with Crippen LogP contribution in [0.4, 0.5) is 10.9 Å². The number of amides is 1. The average molecular weight is 406 g/mol. The Morgan fingerprint density at radius 2 is 1.96 bits per heavy atom. The molecular formula is C17H19N5O3S2. The Balaban J connectivity index is 1.87. The van der Waals surface area contributed by atoms with E-state index in [9.17, 15) is 13.2 Å². The minimum atomic E-state index is -3.93. The lowest BCUT2D eigenvalue weighted by molar-refractivity contribution is -0.114. The molecule has 0 aliphatic heterocycles. The van der Waals surface area contributed by atoms with E-state index in [4.69, 9.17) is 0 Å². The van der Waals surface area contributed by atoms with E-state index in [1.807, 2.05) is 13.8 Å². The number of carbonyl (C=O) groups excluding carboxylic acids is 1. The Kier molecular flexibility index (Phi) is 5.57. The Hall–Kier alpha value is -2.72. The van der Waals surface area contributed by atoms with Gasteiger partial charge in [0.25, 0.3) is 10.0 Å². The number of rotatable bonds is 7. The summed E-state index contributed by atoms with van der Waals surface area (Å²) in [6.07, 6.45) is 3.08. The van der Waals surface area contributed by atoms with Crippen LogP contribution >= 0.6 is 11.3 Å². The highest BCUT2D eigenvalue weighted by Gasteiger charge is 2.29. The standard InChI is InChI=1S/C17H19N5O3S2/c1-13(2)22-15(8-9-19-22)20-16(23)12-21(17-18-10-11-26-17)27(24,25)14-6-4-3-5-7-14/h3-11,13H,12H2,1-2H3,(H,20,23). The SMILES string of the molecule is CC(C)n1nccc1NC(=O)CN(c1nccs1)S(=O)(=O)c1ccccc1. The molecule has 0 bridgehead atoms. The smallest absolute Gasteiger partial charge is 0.266 e. The molecule has 8 nitrogen and oxygen atoms in total. The summed E-state index contributed by atoms with van der Waals surface area (Å²) in [5, 5.41) is 8.76. The van der Waals surface area contributed by atoms with Gasteiger partial charge < -0.3 is 5.32 Å². The molecule has 2 aromatic heterocycles. The minimum absolute atomic E-state index is 0.0541. The number of sulfonamides is 1. The van der Waals surface area contributed by atoms with Crippen molar-refractivity contribution in [1.82, 2.24) is 14.8 Å². The quantitative estimate of drug-likeness (QED) is 0.652. The third kappa shape index (κ3) is 4.17. The van der Waals surface area contributed by atoms with Crippen molar-refractivity contribution in [1.29, 1.82) is 0 Å². The van der Waals surface area contributed by atoms with Crippen molar-refractivity contribution in [3.8, 4) is 0 Å². The highest BCUT2D eigenvalue weighted by molar-refractivity contribution is 7.93. The maximum absolute atomic E-state index is 13.0. The predicted octanol–water partition coefficient (Wildman–Crippen LogP) is 2.75. The van der Waals surface area contributed by atoms with Crippen LogP contribution in [0.3, 0.4) is 0 Å². The number of nitrogens with zero attached hydrogens (tertiary/aromatic N) is 4. The van der Waals surface area contributed by atoms with Crippen LogP contribution in [0.25, 0.3) is 0 Å². The summed E-state index contributed by atoms with van der Waals surface area (Å²) in [6, 6.07) is 9.69. The average Bonchev–Trinajstić information content (AvgIpc) is 3.32. The summed E-state index contributed by atoms with van der Waals surface area (Å²) in [7, 11) is -3.93. The maximum atomic E-state index is 13.0. The lowest BCUT2D eigenvalue weighted by Gasteiger charge is -2.21. The van der Waals surface area contributed by atoms with Crippen molar-refractivity contribution in [2.24, 2.45) is 0 Å². The van der Waals surface area contributed by atoms with Crippen LogP contribution < -0.4 is 9.62 Å². The van der Waals surface area contributed by atoms with Crippen molar-refractivity contribution in [3.63, 3.8) is 0 Å². The van der Waals surface area contributed by atoms with Crippen LogP contribution in [-0.4, -0.2) is 35.6 Å². The molecule has 0 fully saturated rings. The fourth-order valence-electron chi connectivity index (χ4n) is 2.45. The molecule has 0 atom stereocenters. The largest absolute Gasteiger partial charge is 0.309 e. The lowest BCUT2D eigenvalue weighted by Crippen LogP contribution is -2.38. The highest BCUT2D eigenvalue weighted by Crippen LogP contribution is 2.25. The van der Waals surface area contributed by atoms with Gasteiger partial charge in [-0.15, -0.1) is 11.3 Å². The second-order valence-electron chi connectivity index (χ2n) is 5.94. The number of thiazole rings is 1. The molecule has 27 heavy (non-hydrogen) atoms. The molecule has 0 aliphatic carbocycles. The predicted molar refractivity (Wildman–Crippen MR) is 104 cm³/mol. The number of aromatic nitrogens is 3. The van der Waals surface area contributed by atoms with Gasteiger partial charge in [0.2, 0.25) is 5.91 Å². The van der Waals surface area contributed by atoms with Gasteiger partial charge in [-0.05, 0) is 26.0 Å². The molecular weight excluding hydrogens is 386 g/mol. The van der Waals surface area contributed by atoms with Crippen LogP contribution in [0.1, 0.15) is 19.9 Å². The van der Waals surface area contributed by atoms with Crippen molar-refractivity contribution >= 4 is 38.2 Å². The fourth-order valence-corrected chi connectivity index (χ4v) is 4.72. The fraction of sp³-hybridized carbons (Fsp3) is 0.235. The Bertz CT molecular complexity index is 998. The molecule has 1 N–H and O–H groups in total. The molecule has 0 saturated carbocycles. The first kappa shape index (κ1) is 19.1. The van der Waals surface area contributed by atoms with Gasteiger partial charge in [-0.3, -0.25) is 4.79 Å². The first-order valence-electron chi connectivity index (χ1n) is 8.20. The van der Waals surface area contributed by atoms with Gasteiger partial charge >= 0.3 is 0 Å². The van der Waals surface area contributed by atoms with Crippen LogP contribution in [0.5, 0.6) is 0 Å². The summed E-state index contributed by atoms with van der Waals surface area (Å²) < 4.78 is 28.7. The van der Waals surface area contributed by atoms with Gasteiger partial charge in [0.1, 0.15) is 12.4 Å². The van der Waals surface area contributed by atoms with Gasteiger partial charge in [0.15, 0.2) is 5.13 Å². The van der Waals surface area contributed by atoms with E-state index in [0.29, 0.717) is 5.82 Å². The zero-order chi connectivity index (χ0) is 19.4. The van der Waals surface area contributed by atoms with E-state index in [1.54, 1.807) is 40.5 Å². The second kappa shape index (κ2) is 7.89. The highest BCUT2D eigenvalue weighted by atomic mass is 32.2. The molecule has 2 heterocycles. The first-order valence-corrected chi connectivity index (χ1v) is 10.5. The Morgan fingerprint density at radius 3 is 2.59 bits per heavy atom. The number of nitrogens with one attached hydrogen (secondary N) is 1. The summed E-state index contributed by atoms with van der Waals surface area (Å²) in [5.41, 5.74) is 0. The molecule has 3 rings (SSSR count). The molecule has 1 aromatic carbocycles. The molecule has 3 aromatic rings. The van der Waals surface area contributed by atoms with Crippen molar-refractivity contribution in [2.45, 2.75) is 24.8 Å². The molecule has 1 amide bonds. The van der Waals surface area contributed by atoms with E-state index >= 15 is 0 Å². The Labute approximate surface area is 161 Å². The molecule has 0 spiro atoms. The molecule has 0 aliphatic rings. The molecule has 0 radical (unpaired) electrons. The monoisotopic (exact) mass is 405 g/mol. The summed E-state index contributed by atoms with van der Waals surface area (Å²) in [5.74, 6) is 0.0262. The summed E-state index contributed by atoms with van der Waals surface area (Å²) >= 11 is 1.15. The van der Waals surface area contributed by atoms with Crippen LogP contribution in [0.2, 0.25) is 0 Å². The summed E-state index contributed by atoms with van der Waals surface area (Å²) in [6.45, 7) is 3.47. The van der Waals surface area contributed by atoms with E-state index in [0.717, 1.165) is 15.6 Å². The van der Waals surface area contributed by atoms with Gasteiger partial charge in [-0.1, -0.05) is 18.2 Å². The third-order valence-electron chi connectivity index (χ3n) is 3.68. The number of carbonyl (C=O) groups is 1. The number of hydrogen-bond donors (Lipinski definition) is 1. The minimum Gasteiger partial charge on any atom is -0.309 e. The number of benzene rings is 1. The van der Waals surface area contributed by atoms with E-state index < -0.39 is 22.5 Å². The zero-order valence-electron chi connectivity index (χ0n) is 14.8. The van der Waals surface area contributed by atoms with Gasteiger partial charge in [0, 0.05) is 23.7 Å². The topological polar surface area (TPSA) is 97.2 Å². The first-order chi connectivity index (χ1) is 12.9. The van der Waals surface area contributed by atoms with E-state index in [2.05, 4.69) is 15.4 Å². The maximum Gasteiger partial charge on any atom is 0.266 e. The molecule has 0 unspecified atom stereocenters. The molecule has 10 heteroatoms. The summed E-state index contributed by atoms with van der Waals surface area (Å²) in [4.78, 5) is 16.8. The molecule has 142 valence electrons. The van der Waals surface area contributed by atoms with Gasteiger partial charge in [-0.25, -0.2) is 22.4 Å². The van der Waals surface area contributed by atoms with Crippen molar-refractivity contribution in [2.75, 3.05) is 16.2 Å². The van der Waals surface area contributed by atoms with Crippen molar-refractivity contribution < 1.29 is 13.2 Å². The van der Waals surface area contributed by atoms with Gasteiger partial charge in [-0.2, -0.15) is 5.10 Å². The third-order valence-corrected chi connectivity index (χ3v) is 6.34. The zero-order valence-corrected chi connectivity index (χ0v) is 16.4. The normalized spacial score (nSPS) is 11.5. The van der Waals surface area contributed by atoms with Crippen molar-refractivity contribution in [3.05, 3.63) is 54.2 Å². The van der Waals surface area contributed by atoms with Crippen LogP contribution in [-0.2, 0) is 14.8 Å². The number of anilines is 2. The van der Waals surface area contributed by atoms with E-state index in [-0.39, 0.29) is 16.1 Å². The van der Waals surface area contributed by atoms with Gasteiger partial charge in [0.05, 0.1) is 11.1 Å². The molecule has 0 saturated heterocycles. The Morgan fingerprint density at radius 1 is 1.22 bits per heavy atom.